The fourth-order valence-electron chi connectivity index (χ4n) is 3.75. The van der Waals surface area contributed by atoms with E-state index in [1.807, 2.05) is 24.3 Å². The highest BCUT2D eigenvalue weighted by Gasteiger charge is 2.29. The Bertz CT molecular complexity index is 1080. The number of amides is 1. The minimum absolute atomic E-state index is 0.0494. The number of likely N-dealkylation sites (tertiary alicyclic amines) is 1. The summed E-state index contributed by atoms with van der Waals surface area (Å²) in [6.07, 6.45) is 1.25. The molecule has 2 heterocycles. The number of halogens is 2. The zero-order valence-corrected chi connectivity index (χ0v) is 17.4. The van der Waals surface area contributed by atoms with Crippen molar-refractivity contribution >= 4 is 45.8 Å². The molecule has 1 saturated heterocycles. The van der Waals surface area contributed by atoms with Gasteiger partial charge in [0, 0.05) is 41.5 Å². The van der Waals surface area contributed by atoms with Crippen molar-refractivity contribution < 1.29 is 14.3 Å². The number of benzene rings is 2. The summed E-state index contributed by atoms with van der Waals surface area (Å²) in [6.45, 7) is 1.07. The molecule has 29 heavy (non-hydrogen) atoms. The molecular formula is C22H20Cl2N2O3. The highest BCUT2D eigenvalue weighted by atomic mass is 35.5. The van der Waals surface area contributed by atoms with Gasteiger partial charge in [0.2, 0.25) is 0 Å². The summed E-state index contributed by atoms with van der Waals surface area (Å²) in [5, 5.41) is 1.76. The largest absolute Gasteiger partial charge is 0.497 e. The third-order valence-electron chi connectivity index (χ3n) is 5.42. The molecule has 7 heteroatoms. The van der Waals surface area contributed by atoms with Gasteiger partial charge in [0.1, 0.15) is 11.4 Å². The lowest BCUT2D eigenvalue weighted by atomic mass is 9.89. The van der Waals surface area contributed by atoms with E-state index in [-0.39, 0.29) is 17.6 Å². The lowest BCUT2D eigenvalue weighted by Gasteiger charge is -2.31. The van der Waals surface area contributed by atoms with Crippen molar-refractivity contribution in [3.63, 3.8) is 0 Å². The third kappa shape index (κ3) is 3.98. The van der Waals surface area contributed by atoms with Gasteiger partial charge in [-0.3, -0.25) is 9.59 Å². The predicted octanol–water partition coefficient (Wildman–Crippen LogP) is 5.22. The van der Waals surface area contributed by atoms with E-state index >= 15 is 0 Å². The first-order chi connectivity index (χ1) is 14.0. The number of aromatic nitrogens is 1. The average molecular weight is 431 g/mol. The molecule has 1 aliphatic rings. The van der Waals surface area contributed by atoms with E-state index in [4.69, 9.17) is 27.9 Å². The Hall–Kier alpha value is -2.50. The normalized spacial score (nSPS) is 14.9. The van der Waals surface area contributed by atoms with Gasteiger partial charge < -0.3 is 14.6 Å². The smallest absolute Gasteiger partial charge is 0.270 e. The van der Waals surface area contributed by atoms with E-state index in [0.29, 0.717) is 47.2 Å². The number of hydrogen-bond acceptors (Lipinski definition) is 3. The number of methoxy groups -OCH3 is 1. The average Bonchev–Trinajstić information content (AvgIpc) is 3.18. The molecule has 0 atom stereocenters. The number of Topliss-reactive ketones (excluding diaryl/α,β-unsaturated/α-hetero) is 1. The third-order valence-corrected chi connectivity index (χ3v) is 6.16. The van der Waals surface area contributed by atoms with Crippen molar-refractivity contribution in [2.24, 2.45) is 5.92 Å². The Balaban J connectivity index is 1.43. The number of hydrogen-bond donors (Lipinski definition) is 1. The fourth-order valence-corrected chi connectivity index (χ4v) is 4.05. The van der Waals surface area contributed by atoms with Gasteiger partial charge in [-0.15, -0.1) is 0 Å². The van der Waals surface area contributed by atoms with E-state index in [0.717, 1.165) is 16.7 Å². The van der Waals surface area contributed by atoms with Gasteiger partial charge in [-0.05, 0) is 49.2 Å². The van der Waals surface area contributed by atoms with E-state index in [2.05, 4.69) is 4.98 Å². The zero-order chi connectivity index (χ0) is 20.5. The monoisotopic (exact) mass is 430 g/mol. The Kier molecular flexibility index (Phi) is 5.52. The summed E-state index contributed by atoms with van der Waals surface area (Å²) in [5.41, 5.74) is 1.97. The number of ether oxygens (including phenoxy) is 1. The molecule has 1 aromatic heterocycles. The molecular weight excluding hydrogens is 411 g/mol. The van der Waals surface area contributed by atoms with E-state index in [1.54, 1.807) is 30.2 Å². The first-order valence-electron chi connectivity index (χ1n) is 9.41. The second kappa shape index (κ2) is 8.09. The van der Waals surface area contributed by atoms with Crippen LogP contribution in [0.25, 0.3) is 10.9 Å². The molecule has 1 fully saturated rings. The van der Waals surface area contributed by atoms with Gasteiger partial charge in [0.05, 0.1) is 17.2 Å². The summed E-state index contributed by atoms with van der Waals surface area (Å²) in [6, 6.07) is 12.5. The number of rotatable bonds is 4. The second-order valence-electron chi connectivity index (χ2n) is 7.20. The first kappa shape index (κ1) is 19.8. The number of carbonyl (C=O) groups is 2. The highest BCUT2D eigenvalue weighted by molar-refractivity contribution is 6.42. The lowest BCUT2D eigenvalue weighted by molar-refractivity contribution is 0.0646. The molecule has 3 aromatic rings. The predicted molar refractivity (Wildman–Crippen MR) is 114 cm³/mol. The maximum Gasteiger partial charge on any atom is 0.270 e. The Morgan fingerprint density at radius 1 is 1.03 bits per heavy atom. The standard InChI is InChI=1S/C22H20Cl2N2O3/c1-29-16-4-2-14-11-20(25-19(14)12-16)22(28)26-8-6-13(7-9-26)21(27)15-3-5-17(23)18(24)10-15/h2-5,10-13,25H,6-9H2,1H3. The van der Waals surface area contributed by atoms with Gasteiger partial charge in [0.25, 0.3) is 5.91 Å². The van der Waals surface area contributed by atoms with Crippen molar-refractivity contribution in [1.29, 1.82) is 0 Å². The van der Waals surface area contributed by atoms with Gasteiger partial charge in [-0.2, -0.15) is 0 Å². The van der Waals surface area contributed by atoms with Crippen LogP contribution >= 0.6 is 23.2 Å². The minimum Gasteiger partial charge on any atom is -0.497 e. The second-order valence-corrected chi connectivity index (χ2v) is 8.01. The number of fused-ring (bicyclic) bond motifs is 1. The molecule has 2 aromatic carbocycles. The SMILES string of the molecule is COc1ccc2cc(C(=O)N3CCC(C(=O)c4ccc(Cl)c(Cl)c4)CC3)[nH]c2c1. The van der Waals surface area contributed by atoms with Crippen LogP contribution in [0.1, 0.15) is 33.7 Å². The van der Waals surface area contributed by atoms with E-state index in [1.165, 1.54) is 0 Å². The van der Waals surface area contributed by atoms with Crippen LogP contribution in [0.2, 0.25) is 10.0 Å². The Morgan fingerprint density at radius 2 is 1.79 bits per heavy atom. The molecule has 0 spiro atoms. The molecule has 4 rings (SSSR count). The maximum absolute atomic E-state index is 12.9. The first-order valence-corrected chi connectivity index (χ1v) is 10.2. The molecule has 1 N–H and O–H groups in total. The maximum atomic E-state index is 12.9. The number of piperidine rings is 1. The van der Waals surface area contributed by atoms with Crippen LogP contribution in [0.4, 0.5) is 0 Å². The molecule has 0 bridgehead atoms. The van der Waals surface area contributed by atoms with Crippen LogP contribution in [-0.4, -0.2) is 41.8 Å². The fraction of sp³-hybridized carbons (Fsp3) is 0.273. The molecule has 0 saturated carbocycles. The number of H-pyrrole nitrogens is 1. The van der Waals surface area contributed by atoms with Crippen molar-refractivity contribution in [3.8, 4) is 5.75 Å². The molecule has 1 amide bonds. The van der Waals surface area contributed by atoms with Gasteiger partial charge in [0.15, 0.2) is 5.78 Å². The molecule has 0 radical (unpaired) electrons. The molecule has 150 valence electrons. The van der Waals surface area contributed by atoms with Gasteiger partial charge >= 0.3 is 0 Å². The number of nitrogens with one attached hydrogen (secondary N) is 1. The van der Waals surface area contributed by atoms with E-state index < -0.39 is 0 Å². The highest BCUT2D eigenvalue weighted by Crippen LogP contribution is 2.28. The number of nitrogens with zero attached hydrogens (tertiary/aromatic N) is 1. The lowest BCUT2D eigenvalue weighted by Crippen LogP contribution is -2.40. The van der Waals surface area contributed by atoms with Crippen LogP contribution in [0.3, 0.4) is 0 Å². The number of ketones is 1. The summed E-state index contributed by atoms with van der Waals surface area (Å²) in [5.74, 6) is 0.609. The Labute approximate surface area is 178 Å². The van der Waals surface area contributed by atoms with Crippen molar-refractivity contribution in [3.05, 3.63) is 63.8 Å². The molecule has 5 nitrogen and oxygen atoms in total. The molecule has 0 aliphatic carbocycles. The summed E-state index contributed by atoms with van der Waals surface area (Å²) in [4.78, 5) is 30.6. The van der Waals surface area contributed by atoms with Crippen LogP contribution in [0.5, 0.6) is 5.75 Å². The van der Waals surface area contributed by atoms with Crippen LogP contribution in [0, 0.1) is 5.92 Å². The summed E-state index contributed by atoms with van der Waals surface area (Å²) >= 11 is 12.0. The quantitative estimate of drug-likeness (QED) is 0.577. The van der Waals surface area contributed by atoms with E-state index in [9.17, 15) is 9.59 Å². The molecule has 0 unspecified atom stereocenters. The summed E-state index contributed by atoms with van der Waals surface area (Å²) < 4.78 is 5.23. The molecule has 1 aliphatic heterocycles. The Morgan fingerprint density at radius 3 is 2.48 bits per heavy atom. The number of carbonyl (C=O) groups excluding carboxylic acids is 2. The minimum atomic E-state index is -0.122. The topological polar surface area (TPSA) is 62.4 Å². The van der Waals surface area contributed by atoms with Crippen molar-refractivity contribution in [2.75, 3.05) is 20.2 Å². The summed E-state index contributed by atoms with van der Waals surface area (Å²) in [7, 11) is 1.61. The van der Waals surface area contributed by atoms with Crippen LogP contribution in [-0.2, 0) is 0 Å². The number of aromatic amines is 1. The van der Waals surface area contributed by atoms with Crippen molar-refractivity contribution in [2.45, 2.75) is 12.8 Å². The van der Waals surface area contributed by atoms with Crippen LogP contribution in [0.15, 0.2) is 42.5 Å². The van der Waals surface area contributed by atoms with Gasteiger partial charge in [-0.1, -0.05) is 23.2 Å². The van der Waals surface area contributed by atoms with Crippen molar-refractivity contribution in [1.82, 2.24) is 9.88 Å². The zero-order valence-electron chi connectivity index (χ0n) is 15.9. The van der Waals surface area contributed by atoms with Crippen LogP contribution < -0.4 is 4.74 Å². The van der Waals surface area contributed by atoms with Gasteiger partial charge in [-0.25, -0.2) is 0 Å².